The third-order valence-electron chi connectivity index (χ3n) is 3.48. The first kappa shape index (κ1) is 14.6. The minimum Gasteiger partial charge on any atom is -0.373 e. The van der Waals surface area contributed by atoms with Crippen LogP contribution in [0.2, 0.25) is 0 Å². The van der Waals surface area contributed by atoms with Gasteiger partial charge in [0.1, 0.15) is 12.6 Å². The molecule has 1 fully saturated rings. The van der Waals surface area contributed by atoms with Gasteiger partial charge in [-0.1, -0.05) is 0 Å². The quantitative estimate of drug-likeness (QED) is 0.921. The van der Waals surface area contributed by atoms with Gasteiger partial charge < -0.3 is 15.0 Å². The highest BCUT2D eigenvalue weighted by Gasteiger charge is 2.46. The molecule has 7 heteroatoms. The van der Waals surface area contributed by atoms with Crippen LogP contribution in [-0.4, -0.2) is 48.1 Å². The molecule has 0 spiro atoms. The van der Waals surface area contributed by atoms with Crippen molar-refractivity contribution >= 4 is 6.03 Å². The smallest absolute Gasteiger partial charge is 0.318 e. The lowest BCUT2D eigenvalue weighted by atomic mass is 10.1. The Kier molecular flexibility index (Phi) is 4.17. The largest absolute Gasteiger partial charge is 0.373 e. The maximum Gasteiger partial charge on any atom is 0.318 e. The molecule has 5 nitrogen and oxygen atoms in total. The number of hydrogen-bond donors (Lipinski definition) is 1. The normalized spacial score (nSPS) is 22.3. The molecule has 1 aromatic heterocycles. The predicted molar refractivity (Wildman–Crippen MR) is 68.5 cm³/mol. The van der Waals surface area contributed by atoms with Gasteiger partial charge in [-0.3, -0.25) is 4.98 Å². The van der Waals surface area contributed by atoms with Gasteiger partial charge in [-0.25, -0.2) is 13.6 Å². The van der Waals surface area contributed by atoms with Crippen LogP contribution in [0.3, 0.4) is 0 Å². The first-order valence-electron chi connectivity index (χ1n) is 6.30. The zero-order valence-corrected chi connectivity index (χ0v) is 11.3. The number of halogens is 2. The Morgan fingerprint density at radius 1 is 1.55 bits per heavy atom. The van der Waals surface area contributed by atoms with E-state index in [1.54, 1.807) is 31.6 Å². The molecule has 2 heterocycles. The molecule has 1 aliphatic heterocycles. The van der Waals surface area contributed by atoms with E-state index in [1.807, 2.05) is 6.92 Å². The van der Waals surface area contributed by atoms with Gasteiger partial charge in [0, 0.05) is 19.4 Å². The van der Waals surface area contributed by atoms with Gasteiger partial charge in [0.05, 0.1) is 12.6 Å². The monoisotopic (exact) mass is 285 g/mol. The van der Waals surface area contributed by atoms with Gasteiger partial charge >= 0.3 is 6.03 Å². The Morgan fingerprint density at radius 3 is 2.75 bits per heavy atom. The van der Waals surface area contributed by atoms with Gasteiger partial charge in [-0.05, 0) is 24.6 Å². The Hall–Kier alpha value is -1.76. The van der Waals surface area contributed by atoms with Gasteiger partial charge in [0.15, 0.2) is 0 Å². The number of ether oxygens (including phenoxy) is 1. The number of urea groups is 1. The van der Waals surface area contributed by atoms with Crippen LogP contribution in [0.1, 0.15) is 18.5 Å². The molecule has 0 radical (unpaired) electrons. The molecule has 110 valence electrons. The Bertz CT molecular complexity index is 470. The van der Waals surface area contributed by atoms with Crippen LogP contribution >= 0.6 is 0 Å². The third kappa shape index (κ3) is 3.04. The van der Waals surface area contributed by atoms with Gasteiger partial charge in [-0.2, -0.15) is 0 Å². The summed E-state index contributed by atoms with van der Waals surface area (Å²) in [5, 5.41) is 2.32. The van der Waals surface area contributed by atoms with E-state index in [0.29, 0.717) is 0 Å². The molecule has 0 aliphatic carbocycles. The van der Waals surface area contributed by atoms with E-state index >= 15 is 0 Å². The molecular weight excluding hydrogens is 268 g/mol. The zero-order valence-electron chi connectivity index (χ0n) is 11.3. The van der Waals surface area contributed by atoms with Crippen LogP contribution in [-0.2, 0) is 4.74 Å². The maximum absolute atomic E-state index is 13.4. The zero-order chi connectivity index (χ0) is 14.8. The summed E-state index contributed by atoms with van der Waals surface area (Å²) in [7, 11) is 1.56. The second kappa shape index (κ2) is 5.70. The maximum atomic E-state index is 13.4. The second-order valence-corrected chi connectivity index (χ2v) is 4.85. The number of pyridine rings is 1. The molecular formula is C13H17F2N3O2. The fraction of sp³-hybridized carbons (Fsp3) is 0.538. The average molecular weight is 285 g/mol. The Labute approximate surface area is 115 Å². The minimum absolute atomic E-state index is 0.170. The summed E-state index contributed by atoms with van der Waals surface area (Å²) >= 11 is 0. The van der Waals surface area contributed by atoms with Crippen LogP contribution < -0.4 is 5.32 Å². The summed E-state index contributed by atoms with van der Waals surface area (Å²) < 4.78 is 31.5. The molecule has 2 amide bonds. The first-order valence-corrected chi connectivity index (χ1v) is 6.30. The summed E-state index contributed by atoms with van der Waals surface area (Å²) in [5.41, 5.74) is 0.882. The molecule has 0 aromatic carbocycles. The van der Waals surface area contributed by atoms with Crippen LogP contribution in [0.5, 0.6) is 0 Å². The number of carbonyl (C=O) groups excluding carboxylic acids is 1. The van der Waals surface area contributed by atoms with E-state index in [2.05, 4.69) is 10.3 Å². The number of carbonyl (C=O) groups is 1. The number of rotatable bonds is 3. The van der Waals surface area contributed by atoms with E-state index in [4.69, 9.17) is 4.74 Å². The van der Waals surface area contributed by atoms with Crippen LogP contribution in [0.15, 0.2) is 24.5 Å². The van der Waals surface area contributed by atoms with Crippen molar-refractivity contribution in [1.82, 2.24) is 15.2 Å². The van der Waals surface area contributed by atoms with Crippen molar-refractivity contribution in [3.05, 3.63) is 30.1 Å². The van der Waals surface area contributed by atoms with Crippen molar-refractivity contribution in [2.24, 2.45) is 0 Å². The number of hydrogen-bond acceptors (Lipinski definition) is 3. The average Bonchev–Trinajstić information content (AvgIpc) is 2.77. The SMILES string of the molecule is C[C@@H](c1ccncc1)N(C)C(=O)N[C@@H]1COCC1(F)F. The highest BCUT2D eigenvalue weighted by molar-refractivity contribution is 5.75. The molecule has 1 saturated heterocycles. The van der Waals surface area contributed by atoms with Crippen LogP contribution in [0.4, 0.5) is 13.6 Å². The Morgan fingerprint density at radius 2 is 2.20 bits per heavy atom. The van der Waals surface area contributed by atoms with Gasteiger partial charge in [-0.15, -0.1) is 0 Å². The van der Waals surface area contributed by atoms with Crippen LogP contribution in [0, 0.1) is 0 Å². The van der Waals surface area contributed by atoms with Crippen molar-refractivity contribution < 1.29 is 18.3 Å². The van der Waals surface area contributed by atoms with Gasteiger partial charge in [0.2, 0.25) is 0 Å². The molecule has 2 rings (SSSR count). The van der Waals surface area contributed by atoms with Crippen molar-refractivity contribution in [3.63, 3.8) is 0 Å². The van der Waals surface area contributed by atoms with E-state index in [1.165, 1.54) is 4.90 Å². The number of nitrogens with one attached hydrogen (secondary N) is 1. The summed E-state index contributed by atoms with van der Waals surface area (Å²) in [6.07, 6.45) is 3.24. The van der Waals surface area contributed by atoms with E-state index in [-0.39, 0.29) is 12.6 Å². The van der Waals surface area contributed by atoms with Crippen molar-refractivity contribution in [1.29, 1.82) is 0 Å². The van der Waals surface area contributed by atoms with E-state index in [0.717, 1.165) is 5.56 Å². The lowest BCUT2D eigenvalue weighted by Gasteiger charge is -2.28. The molecule has 1 N–H and O–H groups in total. The lowest BCUT2D eigenvalue weighted by molar-refractivity contribution is -0.0223. The Balaban J connectivity index is 1.99. The molecule has 1 aliphatic rings. The summed E-state index contributed by atoms with van der Waals surface area (Å²) in [6, 6.07) is 1.49. The minimum atomic E-state index is -3.02. The molecule has 0 unspecified atom stereocenters. The third-order valence-corrected chi connectivity index (χ3v) is 3.48. The fourth-order valence-electron chi connectivity index (χ4n) is 1.97. The lowest BCUT2D eigenvalue weighted by Crippen LogP contribution is -2.51. The highest BCUT2D eigenvalue weighted by atomic mass is 19.3. The van der Waals surface area contributed by atoms with Crippen LogP contribution in [0.25, 0.3) is 0 Å². The number of amides is 2. The van der Waals surface area contributed by atoms with Gasteiger partial charge in [0.25, 0.3) is 5.92 Å². The van der Waals surface area contributed by atoms with E-state index < -0.39 is 24.6 Å². The summed E-state index contributed by atoms with van der Waals surface area (Å²) in [4.78, 5) is 17.3. The summed E-state index contributed by atoms with van der Waals surface area (Å²) in [5.74, 6) is -3.02. The molecule has 0 bridgehead atoms. The highest BCUT2D eigenvalue weighted by Crippen LogP contribution is 2.26. The number of aromatic nitrogens is 1. The van der Waals surface area contributed by atoms with E-state index in [9.17, 15) is 13.6 Å². The van der Waals surface area contributed by atoms with Crippen molar-refractivity contribution in [2.45, 2.75) is 24.9 Å². The molecule has 20 heavy (non-hydrogen) atoms. The topological polar surface area (TPSA) is 54.5 Å². The van der Waals surface area contributed by atoms with Crippen molar-refractivity contribution in [2.75, 3.05) is 20.3 Å². The number of alkyl halides is 2. The van der Waals surface area contributed by atoms with Crippen molar-refractivity contribution in [3.8, 4) is 0 Å². The standard InChI is InChI=1S/C13H17F2N3O2/c1-9(10-3-5-16-6-4-10)18(2)12(19)17-11-7-20-8-13(11,14)15/h3-6,9,11H,7-8H2,1-2H3,(H,17,19)/t9-,11+/m0/s1. The fourth-order valence-corrected chi connectivity index (χ4v) is 1.97. The molecule has 0 saturated carbocycles. The molecule has 1 aromatic rings. The summed E-state index contributed by atoms with van der Waals surface area (Å²) in [6.45, 7) is 0.996. The predicted octanol–water partition coefficient (Wildman–Crippen LogP) is 1.82. The number of nitrogens with zero attached hydrogens (tertiary/aromatic N) is 2. The first-order chi connectivity index (χ1) is 9.42. The second-order valence-electron chi connectivity index (χ2n) is 4.85. The molecule has 2 atom stereocenters.